The second-order valence-corrected chi connectivity index (χ2v) is 8.99. The highest BCUT2D eigenvalue weighted by molar-refractivity contribution is 7.13. The molecule has 0 unspecified atom stereocenters. The molecule has 8 heteroatoms. The van der Waals surface area contributed by atoms with Gasteiger partial charge in [-0.3, -0.25) is 0 Å². The fraction of sp³-hybridized carbons (Fsp3) is 0.143. The van der Waals surface area contributed by atoms with Crippen LogP contribution in [0.2, 0.25) is 0 Å². The van der Waals surface area contributed by atoms with Crippen LogP contribution in [0.25, 0.3) is 32.8 Å². The van der Waals surface area contributed by atoms with Gasteiger partial charge in [-0.05, 0) is 44.2 Å². The summed E-state index contributed by atoms with van der Waals surface area (Å²) in [6.45, 7) is 4.32. The highest BCUT2D eigenvalue weighted by Crippen LogP contribution is 2.33. The molecule has 0 radical (unpaired) electrons. The Balaban J connectivity index is 1.71. The maximum atomic E-state index is 13.3. The van der Waals surface area contributed by atoms with Crippen LogP contribution in [-0.2, 0) is 6.18 Å². The van der Waals surface area contributed by atoms with E-state index in [1.54, 1.807) is 6.07 Å². The lowest BCUT2D eigenvalue weighted by molar-refractivity contribution is -0.137. The Morgan fingerprint density at radius 2 is 1.78 bits per heavy atom. The Kier molecular flexibility index (Phi) is 6.36. The van der Waals surface area contributed by atoms with Crippen LogP contribution in [0.4, 0.5) is 18.9 Å². The zero-order valence-corrected chi connectivity index (χ0v) is 20.3. The van der Waals surface area contributed by atoms with Gasteiger partial charge in [-0.2, -0.15) is 13.2 Å². The predicted molar refractivity (Wildman–Crippen MR) is 135 cm³/mol. The van der Waals surface area contributed by atoms with E-state index in [2.05, 4.69) is 4.99 Å². The molecule has 2 aromatic heterocycles. The van der Waals surface area contributed by atoms with Gasteiger partial charge in [0.05, 0.1) is 29.1 Å². The van der Waals surface area contributed by atoms with Crippen molar-refractivity contribution in [1.29, 1.82) is 0 Å². The molecule has 182 valence electrons. The predicted octanol–water partition coefficient (Wildman–Crippen LogP) is 8.18. The maximum Gasteiger partial charge on any atom is 0.416 e. The topological polar surface area (TPSA) is 47.6 Å². The van der Waals surface area contributed by atoms with Gasteiger partial charge in [-0.25, -0.2) is 9.98 Å². The van der Waals surface area contributed by atoms with E-state index in [1.165, 1.54) is 23.5 Å². The molecule has 3 aromatic carbocycles. The second-order valence-electron chi connectivity index (χ2n) is 8.14. The van der Waals surface area contributed by atoms with Crippen molar-refractivity contribution in [2.24, 2.45) is 4.99 Å². The molecule has 0 atom stereocenters. The van der Waals surface area contributed by atoms with Gasteiger partial charge in [-0.15, -0.1) is 11.3 Å². The van der Waals surface area contributed by atoms with Gasteiger partial charge in [0.1, 0.15) is 5.01 Å². The minimum Gasteiger partial charge on any atom is -0.490 e. The summed E-state index contributed by atoms with van der Waals surface area (Å²) < 4.78 is 51.8. The Bertz CT molecular complexity index is 1600. The lowest BCUT2D eigenvalue weighted by Gasteiger charge is -2.09. The van der Waals surface area contributed by atoms with Crippen LogP contribution in [0.3, 0.4) is 0 Å². The van der Waals surface area contributed by atoms with E-state index in [-0.39, 0.29) is 11.2 Å². The van der Waals surface area contributed by atoms with Crippen molar-refractivity contribution in [3.05, 3.63) is 94.9 Å². The first-order valence-corrected chi connectivity index (χ1v) is 12.1. The van der Waals surface area contributed by atoms with Crippen LogP contribution in [0.1, 0.15) is 18.1 Å². The zero-order chi connectivity index (χ0) is 25.3. The maximum absolute atomic E-state index is 13.3. The smallest absolute Gasteiger partial charge is 0.416 e. The van der Waals surface area contributed by atoms with E-state index >= 15 is 0 Å². The van der Waals surface area contributed by atoms with Crippen molar-refractivity contribution < 1.29 is 22.3 Å². The molecule has 0 amide bonds. The number of nitrogens with zero attached hydrogens (tertiary/aromatic N) is 2. The largest absolute Gasteiger partial charge is 0.490 e. The molecule has 36 heavy (non-hydrogen) atoms. The number of aromatic nitrogens is 1. The number of para-hydroxylation sites is 1. The van der Waals surface area contributed by atoms with Crippen LogP contribution in [-0.4, -0.2) is 11.6 Å². The number of hydrogen-bond donors (Lipinski definition) is 0. The van der Waals surface area contributed by atoms with Crippen LogP contribution < -0.4 is 10.3 Å². The molecule has 0 aliphatic rings. The zero-order valence-electron chi connectivity index (χ0n) is 19.5. The van der Waals surface area contributed by atoms with E-state index in [1.807, 2.05) is 61.7 Å². The fourth-order valence-electron chi connectivity index (χ4n) is 3.75. The van der Waals surface area contributed by atoms with E-state index in [9.17, 15) is 13.2 Å². The third kappa shape index (κ3) is 4.90. The van der Waals surface area contributed by atoms with Gasteiger partial charge in [0.15, 0.2) is 11.3 Å². The van der Waals surface area contributed by atoms with Crippen LogP contribution in [0.15, 0.2) is 87.6 Å². The second kappa shape index (κ2) is 9.62. The summed E-state index contributed by atoms with van der Waals surface area (Å²) in [6.07, 6.45) is -4.48. The summed E-state index contributed by atoms with van der Waals surface area (Å²) in [5, 5.41) is 3.35. The van der Waals surface area contributed by atoms with Gasteiger partial charge in [-0.1, -0.05) is 48.0 Å². The first-order valence-electron chi connectivity index (χ1n) is 11.3. The average molecular weight is 507 g/mol. The molecular formula is C28H21F3N2O2S. The number of thiazole rings is 1. The lowest BCUT2D eigenvalue weighted by Crippen LogP contribution is -2.07. The summed E-state index contributed by atoms with van der Waals surface area (Å²) in [5.74, 6) is 0.529. The summed E-state index contributed by atoms with van der Waals surface area (Å²) in [4.78, 5) is 9.27. The van der Waals surface area contributed by atoms with E-state index < -0.39 is 11.7 Å². The van der Waals surface area contributed by atoms with Gasteiger partial charge < -0.3 is 9.15 Å². The quantitative estimate of drug-likeness (QED) is 0.241. The van der Waals surface area contributed by atoms with Crippen molar-refractivity contribution in [2.75, 3.05) is 6.61 Å². The fourth-order valence-corrected chi connectivity index (χ4v) is 4.59. The monoisotopic (exact) mass is 506 g/mol. The summed E-state index contributed by atoms with van der Waals surface area (Å²) in [5.41, 5.74) is 3.45. The molecule has 0 spiro atoms. The molecule has 0 N–H and O–H groups in total. The van der Waals surface area contributed by atoms with Crippen molar-refractivity contribution in [2.45, 2.75) is 20.0 Å². The molecule has 0 bridgehead atoms. The number of hydrogen-bond acceptors (Lipinski definition) is 5. The summed E-state index contributed by atoms with van der Waals surface area (Å²) in [6, 6.07) is 20.3. The molecule has 0 saturated carbocycles. The van der Waals surface area contributed by atoms with Gasteiger partial charge >= 0.3 is 6.18 Å². The van der Waals surface area contributed by atoms with Gasteiger partial charge in [0, 0.05) is 16.3 Å². The Morgan fingerprint density at radius 1 is 1.00 bits per heavy atom. The van der Waals surface area contributed by atoms with Crippen LogP contribution in [0, 0.1) is 6.92 Å². The minimum atomic E-state index is -4.48. The summed E-state index contributed by atoms with van der Waals surface area (Å²) in [7, 11) is 0. The van der Waals surface area contributed by atoms with Crippen molar-refractivity contribution in [1.82, 2.24) is 4.98 Å². The number of aryl methyl sites for hydroxylation is 1. The van der Waals surface area contributed by atoms with Crippen molar-refractivity contribution in [3.8, 4) is 27.6 Å². The van der Waals surface area contributed by atoms with Crippen LogP contribution >= 0.6 is 11.3 Å². The normalized spacial score (nSPS) is 12.3. The van der Waals surface area contributed by atoms with Crippen molar-refractivity contribution in [3.63, 3.8) is 0 Å². The number of fused-ring (bicyclic) bond motifs is 1. The molecule has 0 saturated heterocycles. The highest BCUT2D eigenvalue weighted by atomic mass is 32.1. The molecule has 4 nitrogen and oxygen atoms in total. The minimum absolute atomic E-state index is 0.124. The SMILES string of the molecule is CCOc1cccc2cc(-c3nc(-c4ccc(C)cc4)cs3)c(=Nc3cccc(C(F)(F)F)c3)oc12. The third-order valence-electron chi connectivity index (χ3n) is 5.52. The Labute approximate surface area is 209 Å². The highest BCUT2D eigenvalue weighted by Gasteiger charge is 2.30. The summed E-state index contributed by atoms with van der Waals surface area (Å²) >= 11 is 1.41. The van der Waals surface area contributed by atoms with Gasteiger partial charge in [0.2, 0.25) is 5.55 Å². The number of halogens is 3. The number of ether oxygens (including phenoxy) is 1. The van der Waals surface area contributed by atoms with E-state index in [4.69, 9.17) is 14.1 Å². The molecular weight excluding hydrogens is 485 g/mol. The molecule has 0 aliphatic carbocycles. The first-order chi connectivity index (χ1) is 17.3. The lowest BCUT2D eigenvalue weighted by atomic mass is 10.1. The number of benzene rings is 3. The standard InChI is InChI=1S/C28H21F3N2O2S/c1-3-34-24-9-4-6-19-14-22(27-33-23(16-36-27)18-12-10-17(2)11-13-18)26(35-25(19)24)32-21-8-5-7-20(15-21)28(29,30)31/h4-16H,3H2,1-2H3. The average Bonchev–Trinajstić information content (AvgIpc) is 3.34. The number of alkyl halides is 3. The Hall–Kier alpha value is -3.91. The van der Waals surface area contributed by atoms with E-state index in [0.717, 1.165) is 34.3 Å². The molecule has 0 aliphatic heterocycles. The van der Waals surface area contributed by atoms with Crippen LogP contribution in [0.5, 0.6) is 5.75 Å². The number of rotatable bonds is 5. The van der Waals surface area contributed by atoms with Gasteiger partial charge in [0.25, 0.3) is 0 Å². The molecule has 2 heterocycles. The molecule has 0 fully saturated rings. The first kappa shape index (κ1) is 23.8. The molecule has 5 aromatic rings. The Morgan fingerprint density at radius 3 is 2.53 bits per heavy atom. The van der Waals surface area contributed by atoms with Crippen molar-refractivity contribution >= 4 is 28.0 Å². The third-order valence-corrected chi connectivity index (χ3v) is 6.40. The van der Waals surface area contributed by atoms with E-state index in [0.29, 0.717) is 28.5 Å². The molecule has 5 rings (SSSR count).